The summed E-state index contributed by atoms with van der Waals surface area (Å²) in [5, 5.41) is 12.1. The number of hydrogen-bond acceptors (Lipinski definition) is 3. The van der Waals surface area contributed by atoms with E-state index >= 15 is 0 Å². The quantitative estimate of drug-likeness (QED) is 0.730. The van der Waals surface area contributed by atoms with Crippen LogP contribution in [0.5, 0.6) is 5.75 Å². The largest absolute Gasteiger partial charge is 0.506 e. The number of anilines is 2. The summed E-state index contributed by atoms with van der Waals surface area (Å²) in [6, 6.07) is 9.39. The van der Waals surface area contributed by atoms with Gasteiger partial charge in [-0.2, -0.15) is 0 Å². The summed E-state index contributed by atoms with van der Waals surface area (Å²) in [6.45, 7) is 0. The van der Waals surface area contributed by atoms with E-state index in [2.05, 4.69) is 21.2 Å². The Bertz CT molecular complexity index is 647. The van der Waals surface area contributed by atoms with Crippen molar-refractivity contribution < 1.29 is 9.90 Å². The normalized spacial score (nSPS) is 10.2. The van der Waals surface area contributed by atoms with Gasteiger partial charge >= 0.3 is 0 Å². The van der Waals surface area contributed by atoms with E-state index in [1.165, 1.54) is 18.2 Å². The van der Waals surface area contributed by atoms with Crippen LogP contribution in [0.4, 0.5) is 11.4 Å². The minimum Gasteiger partial charge on any atom is -0.506 e. The molecule has 1 amide bonds. The summed E-state index contributed by atoms with van der Waals surface area (Å²) >= 11 is 9.04. The van der Waals surface area contributed by atoms with Crippen LogP contribution in [0.3, 0.4) is 0 Å². The summed E-state index contributed by atoms with van der Waals surface area (Å²) in [6.07, 6.45) is 0. The van der Waals surface area contributed by atoms with Gasteiger partial charge in [0.15, 0.2) is 0 Å². The lowest BCUT2D eigenvalue weighted by molar-refractivity contribution is 0.102. The van der Waals surface area contributed by atoms with Crippen LogP contribution in [-0.4, -0.2) is 11.0 Å². The molecule has 0 saturated carbocycles. The molecule has 2 aromatic rings. The molecule has 2 aromatic carbocycles. The van der Waals surface area contributed by atoms with Crippen LogP contribution in [0.1, 0.15) is 10.4 Å². The molecule has 0 fully saturated rings. The zero-order valence-corrected chi connectivity index (χ0v) is 12.0. The number of carbonyl (C=O) groups excluding carboxylic acids is 1. The lowest BCUT2D eigenvalue weighted by Gasteiger charge is -2.09. The second kappa shape index (κ2) is 5.50. The van der Waals surface area contributed by atoms with Crippen LogP contribution in [-0.2, 0) is 0 Å². The van der Waals surface area contributed by atoms with Crippen LogP contribution < -0.4 is 11.1 Å². The molecule has 2 rings (SSSR count). The number of amides is 1. The lowest BCUT2D eigenvalue weighted by atomic mass is 10.2. The summed E-state index contributed by atoms with van der Waals surface area (Å²) in [5.74, 6) is -0.419. The Morgan fingerprint density at radius 1 is 1.26 bits per heavy atom. The highest BCUT2D eigenvalue weighted by atomic mass is 79.9. The van der Waals surface area contributed by atoms with Gasteiger partial charge in [0.25, 0.3) is 5.91 Å². The molecular weight excluding hydrogens is 332 g/mol. The third-order valence-corrected chi connectivity index (χ3v) is 3.27. The van der Waals surface area contributed by atoms with E-state index < -0.39 is 0 Å². The van der Waals surface area contributed by atoms with Gasteiger partial charge in [-0.05, 0) is 36.4 Å². The molecule has 0 atom stereocenters. The number of hydrogen-bond donors (Lipinski definition) is 3. The predicted molar refractivity (Wildman–Crippen MR) is 79.6 cm³/mol. The molecule has 0 bridgehead atoms. The van der Waals surface area contributed by atoms with E-state index in [9.17, 15) is 9.90 Å². The molecule has 0 aliphatic rings. The van der Waals surface area contributed by atoms with Crippen LogP contribution in [0.15, 0.2) is 40.9 Å². The average Bonchev–Trinajstić information content (AvgIpc) is 2.36. The number of rotatable bonds is 2. The fourth-order valence-electron chi connectivity index (χ4n) is 1.49. The van der Waals surface area contributed by atoms with E-state index in [0.29, 0.717) is 16.9 Å². The van der Waals surface area contributed by atoms with Gasteiger partial charge in [0.1, 0.15) is 5.75 Å². The smallest absolute Gasteiger partial charge is 0.255 e. The number of phenols is 1. The average molecular weight is 342 g/mol. The summed E-state index contributed by atoms with van der Waals surface area (Å²) in [4.78, 5) is 12.0. The molecule has 0 spiro atoms. The van der Waals surface area contributed by atoms with Gasteiger partial charge < -0.3 is 16.2 Å². The molecule has 0 aromatic heterocycles. The van der Waals surface area contributed by atoms with Crippen molar-refractivity contribution in [2.75, 3.05) is 11.1 Å². The zero-order valence-electron chi connectivity index (χ0n) is 9.65. The maximum absolute atomic E-state index is 12.0. The van der Waals surface area contributed by atoms with Crippen molar-refractivity contribution in [2.45, 2.75) is 0 Å². The lowest BCUT2D eigenvalue weighted by Crippen LogP contribution is -2.13. The fraction of sp³-hybridized carbons (Fsp3) is 0. The van der Waals surface area contributed by atoms with Gasteiger partial charge in [0, 0.05) is 10.0 Å². The second-order valence-electron chi connectivity index (χ2n) is 3.85. The molecule has 4 N–H and O–H groups in total. The molecule has 6 heteroatoms. The minimum atomic E-state index is -0.351. The van der Waals surface area contributed by atoms with Crippen molar-refractivity contribution in [2.24, 2.45) is 0 Å². The van der Waals surface area contributed by atoms with Crippen molar-refractivity contribution in [3.05, 3.63) is 51.5 Å². The van der Waals surface area contributed by atoms with E-state index in [1.54, 1.807) is 18.2 Å². The molecule has 98 valence electrons. The van der Waals surface area contributed by atoms with Gasteiger partial charge in [-0.25, -0.2) is 0 Å². The Hall–Kier alpha value is -1.72. The maximum atomic E-state index is 12.0. The Morgan fingerprint density at radius 2 is 2.00 bits per heavy atom. The third kappa shape index (κ3) is 3.19. The minimum absolute atomic E-state index is 0.0682. The van der Waals surface area contributed by atoms with Gasteiger partial charge in [-0.1, -0.05) is 27.5 Å². The maximum Gasteiger partial charge on any atom is 0.255 e. The fourth-order valence-corrected chi connectivity index (χ4v) is 2.05. The first kappa shape index (κ1) is 13.7. The molecule has 0 heterocycles. The number of halogens is 2. The molecule has 19 heavy (non-hydrogen) atoms. The summed E-state index contributed by atoms with van der Waals surface area (Å²) in [5.41, 5.74) is 7.09. The Labute approximate surface area is 123 Å². The molecule has 4 nitrogen and oxygen atoms in total. The number of aromatic hydroxyl groups is 1. The first-order valence-corrected chi connectivity index (χ1v) is 6.49. The van der Waals surface area contributed by atoms with Crippen molar-refractivity contribution in [3.8, 4) is 5.75 Å². The Balaban J connectivity index is 2.23. The first-order chi connectivity index (χ1) is 8.97. The zero-order chi connectivity index (χ0) is 14.0. The molecule has 0 saturated heterocycles. The monoisotopic (exact) mass is 340 g/mol. The van der Waals surface area contributed by atoms with Crippen LogP contribution in [0, 0.1) is 0 Å². The highest BCUT2D eigenvalue weighted by Crippen LogP contribution is 2.26. The highest BCUT2D eigenvalue weighted by molar-refractivity contribution is 9.10. The van der Waals surface area contributed by atoms with E-state index in [1.807, 2.05) is 0 Å². The van der Waals surface area contributed by atoms with Crippen molar-refractivity contribution in [1.82, 2.24) is 0 Å². The topological polar surface area (TPSA) is 75.3 Å². The Kier molecular flexibility index (Phi) is 3.97. The Morgan fingerprint density at radius 3 is 2.63 bits per heavy atom. The molecule has 0 aliphatic carbocycles. The van der Waals surface area contributed by atoms with Gasteiger partial charge in [0.2, 0.25) is 0 Å². The number of carbonyl (C=O) groups is 1. The summed E-state index contributed by atoms with van der Waals surface area (Å²) in [7, 11) is 0. The standard InChI is InChI=1S/C13H10BrClN2O2/c14-8-2-3-11(10(16)6-8)17-13(19)7-1-4-12(18)9(15)5-7/h1-6,18H,16H2,(H,17,19). The molecule has 0 aliphatic heterocycles. The van der Waals surface area contributed by atoms with Crippen LogP contribution >= 0.6 is 27.5 Å². The van der Waals surface area contributed by atoms with Gasteiger partial charge in [-0.15, -0.1) is 0 Å². The van der Waals surface area contributed by atoms with E-state index in [-0.39, 0.29) is 16.7 Å². The first-order valence-electron chi connectivity index (χ1n) is 5.32. The molecule has 0 unspecified atom stereocenters. The number of nitrogens with one attached hydrogen (secondary N) is 1. The number of benzene rings is 2. The number of nitrogen functional groups attached to an aromatic ring is 1. The van der Waals surface area contributed by atoms with E-state index in [0.717, 1.165) is 4.47 Å². The van der Waals surface area contributed by atoms with Gasteiger partial charge in [0.05, 0.1) is 16.4 Å². The van der Waals surface area contributed by atoms with Crippen molar-refractivity contribution in [3.63, 3.8) is 0 Å². The van der Waals surface area contributed by atoms with Gasteiger partial charge in [-0.3, -0.25) is 4.79 Å². The van der Waals surface area contributed by atoms with Crippen molar-refractivity contribution >= 4 is 44.8 Å². The second-order valence-corrected chi connectivity index (χ2v) is 5.17. The highest BCUT2D eigenvalue weighted by Gasteiger charge is 2.10. The number of nitrogens with two attached hydrogens (primary N) is 1. The number of phenolic OH excluding ortho intramolecular Hbond substituents is 1. The third-order valence-electron chi connectivity index (χ3n) is 2.47. The van der Waals surface area contributed by atoms with E-state index in [4.69, 9.17) is 17.3 Å². The van der Waals surface area contributed by atoms with Crippen LogP contribution in [0.2, 0.25) is 5.02 Å². The molecular formula is C13H10BrClN2O2. The SMILES string of the molecule is Nc1cc(Br)ccc1NC(=O)c1ccc(O)c(Cl)c1. The molecule has 0 radical (unpaired) electrons. The predicted octanol–water partition coefficient (Wildman–Crippen LogP) is 3.64. The van der Waals surface area contributed by atoms with Crippen molar-refractivity contribution in [1.29, 1.82) is 0 Å². The summed E-state index contributed by atoms with van der Waals surface area (Å²) < 4.78 is 0.829. The van der Waals surface area contributed by atoms with Crippen LogP contribution in [0.25, 0.3) is 0 Å².